The summed E-state index contributed by atoms with van der Waals surface area (Å²) in [7, 11) is 0. The van der Waals surface area contributed by atoms with E-state index >= 15 is 0 Å². The Morgan fingerprint density at radius 3 is 3.11 bits per heavy atom. The van der Waals surface area contributed by atoms with Gasteiger partial charge in [0.05, 0.1) is 5.69 Å². The summed E-state index contributed by atoms with van der Waals surface area (Å²) < 4.78 is 0. The first-order valence-electron chi connectivity index (χ1n) is 6.49. The Hall–Kier alpha value is -1.20. The second-order valence-corrected chi connectivity index (χ2v) is 5.48. The van der Waals surface area contributed by atoms with Gasteiger partial charge in [0.25, 0.3) is 0 Å². The summed E-state index contributed by atoms with van der Waals surface area (Å²) in [6.45, 7) is 4.63. The van der Waals surface area contributed by atoms with Crippen molar-refractivity contribution in [3.63, 3.8) is 0 Å². The van der Waals surface area contributed by atoms with Crippen molar-refractivity contribution in [2.45, 2.75) is 18.9 Å². The largest absolute Gasteiger partial charge is 0.388 e. The van der Waals surface area contributed by atoms with Gasteiger partial charge >= 0.3 is 0 Å². The van der Waals surface area contributed by atoms with E-state index < -0.39 is 0 Å². The van der Waals surface area contributed by atoms with E-state index in [0.29, 0.717) is 4.99 Å². The molecule has 18 heavy (non-hydrogen) atoms. The van der Waals surface area contributed by atoms with Crippen molar-refractivity contribution in [2.75, 3.05) is 31.1 Å². The molecule has 0 saturated carbocycles. The molecule has 2 aliphatic heterocycles. The second kappa shape index (κ2) is 4.82. The molecule has 4 nitrogen and oxygen atoms in total. The van der Waals surface area contributed by atoms with Gasteiger partial charge in [0.15, 0.2) is 0 Å². The van der Waals surface area contributed by atoms with Gasteiger partial charge in [0.1, 0.15) is 4.99 Å². The standard InChI is InChI=1S/C13H18N4S/c14-13(18)12-8-10(3-4-15-12)17-7-6-16-5-1-2-11(16)9-17/h3-4,8,11H,1-2,5-7,9H2,(H2,14,18). The first-order valence-corrected chi connectivity index (χ1v) is 6.90. The van der Waals surface area contributed by atoms with Crippen LogP contribution in [-0.4, -0.2) is 47.1 Å². The summed E-state index contributed by atoms with van der Waals surface area (Å²) >= 11 is 4.99. The lowest BCUT2D eigenvalue weighted by atomic mass is 10.1. The molecule has 2 saturated heterocycles. The number of aromatic nitrogens is 1. The summed E-state index contributed by atoms with van der Waals surface area (Å²) in [4.78, 5) is 9.60. The Morgan fingerprint density at radius 1 is 1.39 bits per heavy atom. The molecule has 5 heteroatoms. The zero-order chi connectivity index (χ0) is 12.5. The third kappa shape index (κ3) is 2.20. The fourth-order valence-electron chi connectivity index (χ4n) is 2.98. The maximum atomic E-state index is 5.64. The van der Waals surface area contributed by atoms with Crippen molar-refractivity contribution in [2.24, 2.45) is 5.73 Å². The number of thiocarbonyl (C=S) groups is 1. The summed E-state index contributed by atoms with van der Waals surface area (Å²) in [6, 6.07) is 4.78. The van der Waals surface area contributed by atoms with Crippen molar-refractivity contribution >= 4 is 22.9 Å². The molecule has 0 aliphatic carbocycles. The molecule has 3 heterocycles. The number of piperazine rings is 1. The van der Waals surface area contributed by atoms with E-state index in [-0.39, 0.29) is 0 Å². The van der Waals surface area contributed by atoms with Crippen LogP contribution in [0.5, 0.6) is 0 Å². The lowest BCUT2D eigenvalue weighted by Crippen LogP contribution is -2.50. The Labute approximate surface area is 113 Å². The molecule has 1 aromatic rings. The second-order valence-electron chi connectivity index (χ2n) is 5.04. The normalized spacial score (nSPS) is 24.0. The van der Waals surface area contributed by atoms with Gasteiger partial charge in [-0.25, -0.2) is 0 Å². The highest BCUT2D eigenvalue weighted by Crippen LogP contribution is 2.25. The van der Waals surface area contributed by atoms with E-state index in [2.05, 4.69) is 14.8 Å². The van der Waals surface area contributed by atoms with Crippen LogP contribution in [0, 0.1) is 0 Å². The minimum atomic E-state index is 0.372. The Kier molecular flexibility index (Phi) is 3.18. The predicted octanol–water partition coefficient (Wildman–Crippen LogP) is 1.00. The monoisotopic (exact) mass is 262 g/mol. The van der Waals surface area contributed by atoms with Crippen molar-refractivity contribution < 1.29 is 0 Å². The molecule has 0 radical (unpaired) electrons. The molecule has 1 aromatic heterocycles. The van der Waals surface area contributed by atoms with Gasteiger partial charge in [-0.05, 0) is 31.5 Å². The van der Waals surface area contributed by atoms with Gasteiger partial charge < -0.3 is 10.6 Å². The summed E-state index contributed by atoms with van der Waals surface area (Å²) in [5.41, 5.74) is 7.55. The lowest BCUT2D eigenvalue weighted by Gasteiger charge is -2.38. The summed E-state index contributed by atoms with van der Waals surface area (Å²) in [5, 5.41) is 0. The van der Waals surface area contributed by atoms with Crippen LogP contribution in [0.3, 0.4) is 0 Å². The van der Waals surface area contributed by atoms with Crippen LogP contribution in [0.25, 0.3) is 0 Å². The maximum Gasteiger partial charge on any atom is 0.122 e. The maximum absolute atomic E-state index is 5.64. The molecule has 2 aliphatic rings. The van der Waals surface area contributed by atoms with E-state index in [1.807, 2.05) is 12.1 Å². The van der Waals surface area contributed by atoms with Crippen molar-refractivity contribution in [1.29, 1.82) is 0 Å². The number of fused-ring (bicyclic) bond motifs is 1. The van der Waals surface area contributed by atoms with Gasteiger partial charge in [0.2, 0.25) is 0 Å². The number of hydrogen-bond acceptors (Lipinski definition) is 4. The number of anilines is 1. The van der Waals surface area contributed by atoms with E-state index in [4.69, 9.17) is 18.0 Å². The molecule has 1 unspecified atom stereocenters. The summed E-state index contributed by atoms with van der Waals surface area (Å²) in [5.74, 6) is 0. The molecule has 0 bridgehead atoms. The SMILES string of the molecule is NC(=S)c1cc(N2CCN3CCCC3C2)ccn1. The van der Waals surface area contributed by atoms with E-state index in [9.17, 15) is 0 Å². The molecular weight excluding hydrogens is 244 g/mol. The van der Waals surface area contributed by atoms with Crippen LogP contribution in [0.4, 0.5) is 5.69 Å². The fourth-order valence-corrected chi connectivity index (χ4v) is 3.09. The molecule has 0 aromatic carbocycles. The predicted molar refractivity (Wildman–Crippen MR) is 76.9 cm³/mol. The minimum Gasteiger partial charge on any atom is -0.388 e. The van der Waals surface area contributed by atoms with Crippen molar-refractivity contribution in [3.8, 4) is 0 Å². The highest BCUT2D eigenvalue weighted by Gasteiger charge is 2.30. The zero-order valence-corrected chi connectivity index (χ0v) is 11.2. The van der Waals surface area contributed by atoms with Gasteiger partial charge in [-0.3, -0.25) is 9.88 Å². The van der Waals surface area contributed by atoms with Gasteiger partial charge in [-0.1, -0.05) is 12.2 Å². The molecule has 2 fully saturated rings. The highest BCUT2D eigenvalue weighted by atomic mass is 32.1. The Balaban J connectivity index is 1.78. The van der Waals surface area contributed by atoms with E-state index in [1.165, 1.54) is 25.1 Å². The molecule has 3 rings (SSSR count). The quantitative estimate of drug-likeness (QED) is 0.806. The first kappa shape index (κ1) is 11.9. The lowest BCUT2D eigenvalue weighted by molar-refractivity contribution is 0.231. The van der Waals surface area contributed by atoms with Crippen molar-refractivity contribution in [3.05, 3.63) is 24.0 Å². The Bertz CT molecular complexity index is 462. The van der Waals surface area contributed by atoms with Crippen LogP contribution >= 0.6 is 12.2 Å². The molecule has 0 spiro atoms. The minimum absolute atomic E-state index is 0.372. The van der Waals surface area contributed by atoms with Crippen molar-refractivity contribution in [1.82, 2.24) is 9.88 Å². The highest BCUT2D eigenvalue weighted by molar-refractivity contribution is 7.80. The molecular formula is C13H18N4S. The molecule has 2 N–H and O–H groups in total. The van der Waals surface area contributed by atoms with E-state index in [0.717, 1.165) is 31.4 Å². The zero-order valence-electron chi connectivity index (χ0n) is 10.4. The van der Waals surface area contributed by atoms with E-state index in [1.54, 1.807) is 6.20 Å². The fraction of sp³-hybridized carbons (Fsp3) is 0.538. The number of rotatable bonds is 2. The molecule has 96 valence electrons. The number of hydrogen-bond donors (Lipinski definition) is 1. The van der Waals surface area contributed by atoms with Crippen LogP contribution < -0.4 is 10.6 Å². The third-order valence-corrected chi connectivity index (χ3v) is 4.16. The Morgan fingerprint density at radius 2 is 2.28 bits per heavy atom. The topological polar surface area (TPSA) is 45.4 Å². The molecule has 1 atom stereocenters. The first-order chi connectivity index (χ1) is 8.74. The van der Waals surface area contributed by atoms with Crippen LogP contribution in [0.15, 0.2) is 18.3 Å². The summed E-state index contributed by atoms with van der Waals surface area (Å²) in [6.07, 6.45) is 4.46. The van der Waals surface area contributed by atoms with Gasteiger partial charge in [0, 0.05) is 37.6 Å². The molecule has 0 amide bonds. The van der Waals surface area contributed by atoms with Crippen LogP contribution in [-0.2, 0) is 0 Å². The number of nitrogens with zero attached hydrogens (tertiary/aromatic N) is 3. The van der Waals surface area contributed by atoms with Gasteiger partial charge in [-0.2, -0.15) is 0 Å². The third-order valence-electron chi connectivity index (χ3n) is 3.95. The smallest absolute Gasteiger partial charge is 0.122 e. The van der Waals surface area contributed by atoms with Crippen LogP contribution in [0.2, 0.25) is 0 Å². The average Bonchev–Trinajstić information content (AvgIpc) is 2.86. The number of nitrogens with two attached hydrogens (primary N) is 1. The van der Waals surface area contributed by atoms with Gasteiger partial charge in [-0.15, -0.1) is 0 Å². The number of pyridine rings is 1. The van der Waals surface area contributed by atoms with Crippen LogP contribution in [0.1, 0.15) is 18.5 Å². The average molecular weight is 262 g/mol.